The molecular weight excluding hydrogens is 408 g/mol. The summed E-state index contributed by atoms with van der Waals surface area (Å²) in [5.41, 5.74) is 4.06. The van der Waals surface area contributed by atoms with Gasteiger partial charge in [0.25, 0.3) is 11.8 Å². The number of amides is 2. The van der Waals surface area contributed by atoms with E-state index in [9.17, 15) is 9.59 Å². The number of nitrogens with one attached hydrogen (secondary N) is 1. The lowest BCUT2D eigenvalue weighted by molar-refractivity contribution is -0.120. The number of carbonyl (C=O) groups is 2. The Bertz CT molecular complexity index is 1170. The molecule has 0 spiro atoms. The molecule has 4 rings (SSSR count). The summed E-state index contributed by atoms with van der Waals surface area (Å²) in [5.74, 6) is -0.0802. The monoisotopic (exact) mass is 432 g/mol. The minimum absolute atomic E-state index is 0.293. The van der Waals surface area contributed by atoms with E-state index in [1.54, 1.807) is 18.2 Å². The first kappa shape index (κ1) is 20.9. The number of benzene rings is 2. The van der Waals surface area contributed by atoms with E-state index < -0.39 is 0 Å². The predicted octanol–water partition coefficient (Wildman–Crippen LogP) is 5.55. The molecular formula is C25H24N2O3S. The summed E-state index contributed by atoms with van der Waals surface area (Å²) in [5, 5.41) is 5.16. The summed E-state index contributed by atoms with van der Waals surface area (Å²) in [4.78, 5) is 28.9. The van der Waals surface area contributed by atoms with Crippen molar-refractivity contribution in [3.05, 3.63) is 81.7 Å². The van der Waals surface area contributed by atoms with Crippen molar-refractivity contribution < 1.29 is 14.3 Å². The second-order valence-corrected chi connectivity index (χ2v) is 8.41. The summed E-state index contributed by atoms with van der Waals surface area (Å²) in [6, 6.07) is 16.8. The van der Waals surface area contributed by atoms with Crippen molar-refractivity contribution in [1.82, 2.24) is 0 Å². The Balaban J connectivity index is 1.76. The Morgan fingerprint density at radius 3 is 2.58 bits per heavy atom. The molecule has 1 aromatic heterocycles. The van der Waals surface area contributed by atoms with Crippen LogP contribution in [0.4, 0.5) is 11.4 Å². The molecule has 2 amide bonds. The highest BCUT2D eigenvalue weighted by Crippen LogP contribution is 2.36. The van der Waals surface area contributed by atoms with Crippen LogP contribution in [0.5, 0.6) is 5.75 Å². The molecule has 0 unspecified atom stereocenters. The van der Waals surface area contributed by atoms with Gasteiger partial charge in [0.05, 0.1) is 17.9 Å². The highest BCUT2D eigenvalue weighted by Gasteiger charge is 2.41. The second kappa shape index (κ2) is 8.78. The molecule has 3 aromatic rings. The molecule has 31 heavy (non-hydrogen) atoms. The lowest BCUT2D eigenvalue weighted by Crippen LogP contribution is -2.32. The van der Waals surface area contributed by atoms with E-state index in [0.717, 1.165) is 28.1 Å². The molecule has 0 bridgehead atoms. The SMILES string of the molecule is CCCOc1cccc(N2C(=O)C(Nc3cc(C)ccc3C)=C(c3cccs3)C2=O)c1. The maximum absolute atomic E-state index is 13.5. The molecule has 0 fully saturated rings. The number of nitrogens with zero attached hydrogens (tertiary/aromatic N) is 1. The van der Waals surface area contributed by atoms with Gasteiger partial charge in [-0.1, -0.05) is 31.2 Å². The van der Waals surface area contributed by atoms with E-state index in [1.165, 1.54) is 16.2 Å². The Kier molecular flexibility index (Phi) is 5.91. The Labute approximate surface area is 186 Å². The molecule has 1 aliphatic heterocycles. The third-order valence-corrected chi connectivity index (χ3v) is 5.94. The largest absolute Gasteiger partial charge is 0.494 e. The van der Waals surface area contributed by atoms with Crippen LogP contribution >= 0.6 is 11.3 Å². The number of thiophene rings is 1. The number of carbonyl (C=O) groups excluding carboxylic acids is 2. The fourth-order valence-corrected chi connectivity index (χ4v) is 4.24. The molecule has 6 heteroatoms. The Morgan fingerprint density at radius 2 is 1.84 bits per heavy atom. The van der Waals surface area contributed by atoms with Crippen LogP contribution in [0.15, 0.2) is 65.7 Å². The molecule has 1 N–H and O–H groups in total. The minimum Gasteiger partial charge on any atom is -0.494 e. The third kappa shape index (κ3) is 4.11. The first-order valence-electron chi connectivity index (χ1n) is 10.2. The van der Waals surface area contributed by atoms with Crippen LogP contribution in [0.3, 0.4) is 0 Å². The highest BCUT2D eigenvalue weighted by molar-refractivity contribution is 7.11. The van der Waals surface area contributed by atoms with Gasteiger partial charge in [0.15, 0.2) is 0 Å². The van der Waals surface area contributed by atoms with Crippen LogP contribution in [-0.2, 0) is 9.59 Å². The summed E-state index contributed by atoms with van der Waals surface area (Å²) in [6.07, 6.45) is 0.875. The van der Waals surface area contributed by atoms with Crippen LogP contribution in [-0.4, -0.2) is 18.4 Å². The fourth-order valence-electron chi connectivity index (χ4n) is 3.47. The molecule has 1 aliphatic rings. The zero-order valence-electron chi connectivity index (χ0n) is 17.8. The van der Waals surface area contributed by atoms with Crippen molar-refractivity contribution in [1.29, 1.82) is 0 Å². The van der Waals surface area contributed by atoms with Crippen LogP contribution in [0.1, 0.15) is 29.3 Å². The van der Waals surface area contributed by atoms with E-state index >= 15 is 0 Å². The van der Waals surface area contributed by atoms with Crippen molar-refractivity contribution in [3.8, 4) is 5.75 Å². The van der Waals surface area contributed by atoms with Crippen molar-refractivity contribution in [3.63, 3.8) is 0 Å². The van der Waals surface area contributed by atoms with E-state index in [2.05, 4.69) is 5.32 Å². The number of aryl methyl sites for hydroxylation is 2. The van der Waals surface area contributed by atoms with Gasteiger partial charge < -0.3 is 10.1 Å². The molecule has 0 saturated carbocycles. The normalized spacial score (nSPS) is 13.8. The Morgan fingerprint density at radius 1 is 1.00 bits per heavy atom. The average Bonchev–Trinajstić information content (AvgIpc) is 3.36. The molecule has 0 atom stereocenters. The summed E-state index contributed by atoms with van der Waals surface area (Å²) in [6.45, 7) is 6.57. The first-order chi connectivity index (χ1) is 15.0. The lowest BCUT2D eigenvalue weighted by atomic mass is 10.1. The summed E-state index contributed by atoms with van der Waals surface area (Å²) >= 11 is 1.44. The molecule has 2 heterocycles. The van der Waals surface area contributed by atoms with Crippen LogP contribution in [0, 0.1) is 13.8 Å². The number of anilines is 2. The number of ether oxygens (including phenoxy) is 1. The lowest BCUT2D eigenvalue weighted by Gasteiger charge is -2.17. The van der Waals surface area contributed by atoms with Crippen LogP contribution < -0.4 is 15.0 Å². The van der Waals surface area contributed by atoms with Gasteiger partial charge in [-0.3, -0.25) is 9.59 Å². The van der Waals surface area contributed by atoms with Gasteiger partial charge in [-0.2, -0.15) is 0 Å². The molecule has 5 nitrogen and oxygen atoms in total. The maximum Gasteiger partial charge on any atom is 0.282 e. The van der Waals surface area contributed by atoms with Crippen LogP contribution in [0.25, 0.3) is 5.57 Å². The van der Waals surface area contributed by atoms with Crippen molar-refractivity contribution in [2.75, 3.05) is 16.8 Å². The highest BCUT2D eigenvalue weighted by atomic mass is 32.1. The number of hydrogen-bond donors (Lipinski definition) is 1. The summed E-state index contributed by atoms with van der Waals surface area (Å²) in [7, 11) is 0. The standard InChI is InChI=1S/C25H24N2O3S/c1-4-12-30-19-8-5-7-18(15-19)27-24(28)22(21-9-6-13-31-21)23(25(27)29)26-20-14-16(2)10-11-17(20)3/h5-11,13-15,26H,4,12H2,1-3H3. The smallest absolute Gasteiger partial charge is 0.282 e. The van der Waals surface area contributed by atoms with E-state index in [0.29, 0.717) is 29.3 Å². The van der Waals surface area contributed by atoms with Gasteiger partial charge in [-0.15, -0.1) is 11.3 Å². The molecule has 158 valence electrons. The zero-order valence-corrected chi connectivity index (χ0v) is 18.6. The van der Waals surface area contributed by atoms with Gasteiger partial charge in [0, 0.05) is 16.6 Å². The third-order valence-electron chi connectivity index (χ3n) is 5.05. The van der Waals surface area contributed by atoms with Gasteiger partial charge in [0.2, 0.25) is 0 Å². The minimum atomic E-state index is -0.373. The number of rotatable bonds is 7. The van der Waals surface area contributed by atoms with Crippen molar-refractivity contribution in [2.24, 2.45) is 0 Å². The first-order valence-corrected chi connectivity index (χ1v) is 11.1. The second-order valence-electron chi connectivity index (χ2n) is 7.46. The van der Waals surface area contributed by atoms with Gasteiger partial charge in [-0.05, 0) is 61.0 Å². The average molecular weight is 433 g/mol. The fraction of sp³-hybridized carbons (Fsp3) is 0.200. The molecule has 0 radical (unpaired) electrons. The molecule has 0 saturated heterocycles. The topological polar surface area (TPSA) is 58.6 Å². The van der Waals surface area contributed by atoms with Gasteiger partial charge >= 0.3 is 0 Å². The van der Waals surface area contributed by atoms with Crippen molar-refractivity contribution in [2.45, 2.75) is 27.2 Å². The maximum atomic E-state index is 13.5. The Hall–Kier alpha value is -3.38. The quantitative estimate of drug-likeness (QED) is 0.497. The van der Waals surface area contributed by atoms with E-state index in [4.69, 9.17) is 4.74 Å². The van der Waals surface area contributed by atoms with Gasteiger partial charge in [-0.25, -0.2) is 4.90 Å². The number of hydrogen-bond acceptors (Lipinski definition) is 5. The predicted molar refractivity (Wildman–Crippen MR) is 125 cm³/mol. The zero-order chi connectivity index (χ0) is 22.0. The van der Waals surface area contributed by atoms with Gasteiger partial charge in [0.1, 0.15) is 11.4 Å². The van der Waals surface area contributed by atoms with Crippen LogP contribution in [0.2, 0.25) is 0 Å². The van der Waals surface area contributed by atoms with E-state index in [-0.39, 0.29) is 11.8 Å². The number of imide groups is 1. The molecule has 2 aromatic carbocycles. The van der Waals surface area contributed by atoms with Crippen molar-refractivity contribution >= 4 is 40.1 Å². The molecule has 0 aliphatic carbocycles. The summed E-state index contributed by atoms with van der Waals surface area (Å²) < 4.78 is 5.70. The van der Waals surface area contributed by atoms with E-state index in [1.807, 2.05) is 62.5 Å².